The van der Waals surface area contributed by atoms with Crippen LogP contribution in [-0.2, 0) is 13.0 Å². The lowest BCUT2D eigenvalue weighted by Gasteiger charge is -2.09. The summed E-state index contributed by atoms with van der Waals surface area (Å²) in [6.07, 6.45) is 2.27. The zero-order chi connectivity index (χ0) is 14.4. The number of benzene rings is 2. The third-order valence-corrected chi connectivity index (χ3v) is 3.51. The minimum Gasteiger partial charge on any atom is -0.381 e. The number of hydrogen-bond acceptors (Lipinski definition) is 2. The highest BCUT2D eigenvalue weighted by molar-refractivity contribution is 6.31. The van der Waals surface area contributed by atoms with Gasteiger partial charge in [0.15, 0.2) is 0 Å². The van der Waals surface area contributed by atoms with Crippen LogP contribution in [0.15, 0.2) is 42.5 Å². The maximum absolute atomic E-state index is 8.81. The van der Waals surface area contributed by atoms with Gasteiger partial charge in [-0.1, -0.05) is 43.1 Å². The van der Waals surface area contributed by atoms with Crippen molar-refractivity contribution in [1.29, 1.82) is 5.26 Å². The molecule has 0 saturated carbocycles. The lowest BCUT2D eigenvalue weighted by atomic mass is 10.1. The average Bonchev–Trinajstić information content (AvgIpc) is 2.48. The van der Waals surface area contributed by atoms with Crippen molar-refractivity contribution in [2.24, 2.45) is 0 Å². The van der Waals surface area contributed by atoms with Crippen LogP contribution in [0.4, 0.5) is 5.69 Å². The Morgan fingerprint density at radius 1 is 1.15 bits per heavy atom. The molecule has 102 valence electrons. The van der Waals surface area contributed by atoms with Crippen LogP contribution in [0.3, 0.4) is 0 Å². The molecule has 0 radical (unpaired) electrons. The van der Waals surface area contributed by atoms with E-state index in [0.717, 1.165) is 24.1 Å². The molecule has 0 heterocycles. The van der Waals surface area contributed by atoms with Gasteiger partial charge in [0.25, 0.3) is 0 Å². The largest absolute Gasteiger partial charge is 0.381 e. The predicted octanol–water partition coefficient (Wildman–Crippen LogP) is 4.78. The molecule has 0 aliphatic carbocycles. The molecule has 0 fully saturated rings. The second kappa shape index (κ2) is 6.98. The first kappa shape index (κ1) is 14.4. The zero-order valence-electron chi connectivity index (χ0n) is 11.5. The van der Waals surface area contributed by atoms with Gasteiger partial charge in [0.1, 0.15) is 0 Å². The highest BCUT2D eigenvalue weighted by Gasteiger charge is 2.02. The summed E-state index contributed by atoms with van der Waals surface area (Å²) >= 11 is 6.15. The maximum atomic E-state index is 8.81. The van der Waals surface area contributed by atoms with Gasteiger partial charge in [-0.15, -0.1) is 0 Å². The Kier molecular flexibility index (Phi) is 5.03. The molecule has 2 rings (SSSR count). The van der Waals surface area contributed by atoms with E-state index in [0.29, 0.717) is 17.1 Å². The summed E-state index contributed by atoms with van der Waals surface area (Å²) in [5, 5.41) is 12.8. The Labute approximate surface area is 125 Å². The van der Waals surface area contributed by atoms with E-state index in [1.54, 1.807) is 12.1 Å². The number of rotatable bonds is 5. The van der Waals surface area contributed by atoms with Crippen molar-refractivity contribution in [3.8, 4) is 6.07 Å². The SMILES string of the molecule is CCCc1ccc(NCc2ccc(C#N)cc2Cl)cc1. The van der Waals surface area contributed by atoms with Gasteiger partial charge in [-0.3, -0.25) is 0 Å². The average molecular weight is 285 g/mol. The summed E-state index contributed by atoms with van der Waals surface area (Å²) in [5.74, 6) is 0. The number of halogens is 1. The standard InChI is InChI=1S/C17H17ClN2/c1-2-3-13-5-8-16(9-6-13)20-12-15-7-4-14(11-19)10-17(15)18/h4-10,20H,2-3,12H2,1H3. The van der Waals surface area contributed by atoms with Gasteiger partial charge < -0.3 is 5.32 Å². The van der Waals surface area contributed by atoms with Crippen LogP contribution < -0.4 is 5.32 Å². The molecule has 0 aromatic heterocycles. The van der Waals surface area contributed by atoms with Gasteiger partial charge in [-0.2, -0.15) is 5.26 Å². The normalized spacial score (nSPS) is 10.1. The molecule has 0 bridgehead atoms. The Morgan fingerprint density at radius 2 is 1.90 bits per heavy atom. The fraction of sp³-hybridized carbons (Fsp3) is 0.235. The Bertz CT molecular complexity index is 612. The molecular weight excluding hydrogens is 268 g/mol. The van der Waals surface area contributed by atoms with Gasteiger partial charge in [0.05, 0.1) is 11.6 Å². The van der Waals surface area contributed by atoms with Gasteiger partial charge in [0.2, 0.25) is 0 Å². The van der Waals surface area contributed by atoms with E-state index in [1.807, 2.05) is 6.07 Å². The molecule has 0 aliphatic rings. The van der Waals surface area contributed by atoms with Gasteiger partial charge in [-0.25, -0.2) is 0 Å². The molecule has 0 amide bonds. The van der Waals surface area contributed by atoms with Crippen molar-refractivity contribution in [2.75, 3.05) is 5.32 Å². The Balaban J connectivity index is 2.00. The molecule has 0 aliphatic heterocycles. The zero-order valence-corrected chi connectivity index (χ0v) is 12.2. The fourth-order valence-corrected chi connectivity index (χ4v) is 2.28. The van der Waals surface area contributed by atoms with Crippen molar-refractivity contribution >= 4 is 17.3 Å². The van der Waals surface area contributed by atoms with Crippen LogP contribution in [-0.4, -0.2) is 0 Å². The number of anilines is 1. The molecule has 2 aromatic carbocycles. The Hall–Kier alpha value is -1.98. The first-order valence-electron chi connectivity index (χ1n) is 6.74. The summed E-state index contributed by atoms with van der Waals surface area (Å²) in [5.41, 5.74) is 4.01. The van der Waals surface area contributed by atoms with Gasteiger partial charge in [-0.05, 0) is 41.8 Å². The van der Waals surface area contributed by atoms with Crippen molar-refractivity contribution in [3.63, 3.8) is 0 Å². The molecule has 0 spiro atoms. The van der Waals surface area contributed by atoms with Gasteiger partial charge in [0, 0.05) is 17.3 Å². The third kappa shape index (κ3) is 3.76. The van der Waals surface area contributed by atoms with E-state index in [2.05, 4.69) is 42.6 Å². The monoisotopic (exact) mass is 284 g/mol. The van der Waals surface area contributed by atoms with E-state index in [9.17, 15) is 0 Å². The number of hydrogen-bond donors (Lipinski definition) is 1. The van der Waals surface area contributed by atoms with E-state index in [-0.39, 0.29) is 0 Å². The van der Waals surface area contributed by atoms with Crippen LogP contribution in [0.1, 0.15) is 30.0 Å². The number of nitrogens with one attached hydrogen (secondary N) is 1. The summed E-state index contributed by atoms with van der Waals surface area (Å²) in [6.45, 7) is 2.83. The van der Waals surface area contributed by atoms with Crippen molar-refractivity contribution in [1.82, 2.24) is 0 Å². The topological polar surface area (TPSA) is 35.8 Å². The van der Waals surface area contributed by atoms with E-state index >= 15 is 0 Å². The van der Waals surface area contributed by atoms with Crippen LogP contribution in [0.2, 0.25) is 5.02 Å². The first-order valence-corrected chi connectivity index (χ1v) is 7.12. The van der Waals surface area contributed by atoms with E-state index < -0.39 is 0 Å². The maximum Gasteiger partial charge on any atom is 0.0992 e. The predicted molar refractivity (Wildman–Crippen MR) is 83.9 cm³/mol. The highest BCUT2D eigenvalue weighted by atomic mass is 35.5. The highest BCUT2D eigenvalue weighted by Crippen LogP contribution is 2.19. The van der Waals surface area contributed by atoms with Crippen molar-refractivity contribution in [2.45, 2.75) is 26.3 Å². The van der Waals surface area contributed by atoms with E-state index in [1.165, 1.54) is 5.56 Å². The molecule has 0 atom stereocenters. The molecule has 20 heavy (non-hydrogen) atoms. The lowest BCUT2D eigenvalue weighted by Crippen LogP contribution is -2.00. The number of nitrogens with zero attached hydrogens (tertiary/aromatic N) is 1. The van der Waals surface area contributed by atoms with E-state index in [4.69, 9.17) is 16.9 Å². The van der Waals surface area contributed by atoms with Crippen LogP contribution in [0.5, 0.6) is 0 Å². The molecular formula is C17H17ClN2. The first-order chi connectivity index (χ1) is 9.72. The van der Waals surface area contributed by atoms with Crippen LogP contribution >= 0.6 is 11.6 Å². The fourth-order valence-electron chi connectivity index (χ4n) is 2.04. The minimum atomic E-state index is 0.586. The van der Waals surface area contributed by atoms with Gasteiger partial charge >= 0.3 is 0 Å². The lowest BCUT2D eigenvalue weighted by molar-refractivity contribution is 0.922. The smallest absolute Gasteiger partial charge is 0.0992 e. The van der Waals surface area contributed by atoms with Crippen molar-refractivity contribution < 1.29 is 0 Å². The molecule has 2 nitrogen and oxygen atoms in total. The Morgan fingerprint density at radius 3 is 2.50 bits per heavy atom. The molecule has 2 aromatic rings. The molecule has 1 N–H and O–H groups in total. The second-order valence-corrected chi connectivity index (χ2v) is 5.13. The summed E-state index contributed by atoms with van der Waals surface area (Å²) in [4.78, 5) is 0. The third-order valence-electron chi connectivity index (χ3n) is 3.16. The van der Waals surface area contributed by atoms with Crippen LogP contribution in [0, 0.1) is 11.3 Å². The summed E-state index contributed by atoms with van der Waals surface area (Å²) < 4.78 is 0. The number of nitriles is 1. The quantitative estimate of drug-likeness (QED) is 0.858. The second-order valence-electron chi connectivity index (χ2n) is 4.72. The minimum absolute atomic E-state index is 0.586. The van der Waals surface area contributed by atoms with Crippen LogP contribution in [0.25, 0.3) is 0 Å². The summed E-state index contributed by atoms with van der Waals surface area (Å²) in [6, 6.07) is 15.9. The number of aryl methyl sites for hydroxylation is 1. The van der Waals surface area contributed by atoms with Crippen molar-refractivity contribution in [3.05, 3.63) is 64.2 Å². The molecule has 0 unspecified atom stereocenters. The summed E-state index contributed by atoms with van der Waals surface area (Å²) in [7, 11) is 0. The molecule has 0 saturated heterocycles. The molecule has 3 heteroatoms.